The van der Waals surface area contributed by atoms with Gasteiger partial charge < -0.3 is 9.84 Å². The van der Waals surface area contributed by atoms with Crippen LogP contribution in [0.3, 0.4) is 0 Å². The van der Waals surface area contributed by atoms with E-state index in [1.807, 2.05) is 0 Å². The second kappa shape index (κ2) is 8.56. The van der Waals surface area contributed by atoms with E-state index < -0.39 is 17.8 Å². The lowest BCUT2D eigenvalue weighted by Gasteiger charge is -2.26. The summed E-state index contributed by atoms with van der Waals surface area (Å²) in [6.45, 7) is 2.00. The fraction of sp³-hybridized carbons (Fsp3) is 0.105. The number of benzene rings is 2. The zero-order chi connectivity index (χ0) is 21.3. The SMILES string of the molecule is CCOc1cc(/C=C2\C(=O)NC(=O)N(c3ccc(Br)cc3)C2=O)c(Br)c(Cl)c1O. The molecule has 29 heavy (non-hydrogen) atoms. The van der Waals surface area contributed by atoms with Crippen LogP contribution in [0.4, 0.5) is 10.5 Å². The third kappa shape index (κ3) is 4.17. The molecule has 0 aliphatic carbocycles. The summed E-state index contributed by atoms with van der Waals surface area (Å²) >= 11 is 12.6. The highest BCUT2D eigenvalue weighted by Crippen LogP contribution is 2.42. The number of phenolic OH excluding ortho intramolecular Hbond substituents is 1. The van der Waals surface area contributed by atoms with Crippen molar-refractivity contribution in [2.24, 2.45) is 0 Å². The summed E-state index contributed by atoms with van der Waals surface area (Å²) < 4.78 is 6.37. The smallest absolute Gasteiger partial charge is 0.335 e. The average Bonchev–Trinajstić information content (AvgIpc) is 2.68. The van der Waals surface area contributed by atoms with Crippen molar-refractivity contribution < 1.29 is 24.2 Å². The molecule has 3 rings (SSSR count). The topological polar surface area (TPSA) is 95.9 Å². The van der Waals surface area contributed by atoms with E-state index in [9.17, 15) is 19.5 Å². The molecule has 0 spiro atoms. The van der Waals surface area contributed by atoms with E-state index in [0.29, 0.717) is 11.3 Å². The number of carbonyl (C=O) groups is 3. The lowest BCUT2D eigenvalue weighted by molar-refractivity contribution is -0.122. The summed E-state index contributed by atoms with van der Waals surface area (Å²) in [7, 11) is 0. The minimum Gasteiger partial charge on any atom is -0.503 e. The van der Waals surface area contributed by atoms with Gasteiger partial charge in [-0.3, -0.25) is 14.9 Å². The molecule has 2 aromatic rings. The first-order chi connectivity index (χ1) is 13.7. The first-order valence-corrected chi connectivity index (χ1v) is 10.2. The molecule has 0 atom stereocenters. The van der Waals surface area contributed by atoms with Crippen LogP contribution >= 0.6 is 43.5 Å². The number of rotatable bonds is 4. The molecular weight excluding hydrogens is 531 g/mol. The average molecular weight is 545 g/mol. The van der Waals surface area contributed by atoms with Crippen molar-refractivity contribution in [1.29, 1.82) is 0 Å². The van der Waals surface area contributed by atoms with Crippen LogP contribution in [0.2, 0.25) is 5.02 Å². The number of phenols is 1. The third-order valence-electron chi connectivity index (χ3n) is 3.96. The highest BCUT2D eigenvalue weighted by atomic mass is 79.9. The van der Waals surface area contributed by atoms with Crippen LogP contribution < -0.4 is 15.0 Å². The highest BCUT2D eigenvalue weighted by molar-refractivity contribution is 9.10. The minimum absolute atomic E-state index is 0.0349. The van der Waals surface area contributed by atoms with Gasteiger partial charge in [-0.15, -0.1) is 0 Å². The summed E-state index contributed by atoms with van der Waals surface area (Å²) in [4.78, 5) is 38.4. The normalized spacial score (nSPS) is 15.7. The summed E-state index contributed by atoms with van der Waals surface area (Å²) in [5.41, 5.74) is 0.337. The molecule has 1 heterocycles. The maximum Gasteiger partial charge on any atom is 0.335 e. The van der Waals surface area contributed by atoms with Crippen LogP contribution in [-0.4, -0.2) is 29.6 Å². The van der Waals surface area contributed by atoms with Gasteiger partial charge >= 0.3 is 6.03 Å². The molecule has 7 nitrogen and oxygen atoms in total. The number of aromatic hydroxyl groups is 1. The van der Waals surface area contributed by atoms with Gasteiger partial charge in [0.15, 0.2) is 11.5 Å². The van der Waals surface area contributed by atoms with Crippen molar-refractivity contribution in [2.75, 3.05) is 11.5 Å². The monoisotopic (exact) mass is 542 g/mol. The largest absolute Gasteiger partial charge is 0.503 e. The lowest BCUT2D eigenvalue weighted by atomic mass is 10.1. The van der Waals surface area contributed by atoms with E-state index in [1.54, 1.807) is 31.2 Å². The lowest BCUT2D eigenvalue weighted by Crippen LogP contribution is -2.54. The molecule has 2 aromatic carbocycles. The molecule has 1 aliphatic heterocycles. The molecule has 150 valence electrons. The van der Waals surface area contributed by atoms with E-state index in [0.717, 1.165) is 9.37 Å². The second-order valence-electron chi connectivity index (χ2n) is 5.81. The number of halogens is 3. The van der Waals surface area contributed by atoms with Crippen LogP contribution in [0.5, 0.6) is 11.5 Å². The Morgan fingerprint density at radius 3 is 2.48 bits per heavy atom. The quantitative estimate of drug-likeness (QED) is 0.432. The number of urea groups is 1. The molecule has 0 unspecified atom stereocenters. The predicted octanol–water partition coefficient (Wildman–Crippen LogP) is 4.64. The number of anilines is 1. The predicted molar refractivity (Wildman–Crippen MR) is 115 cm³/mol. The van der Waals surface area contributed by atoms with Gasteiger partial charge in [0.05, 0.1) is 12.3 Å². The number of hydrogen-bond acceptors (Lipinski definition) is 5. The number of ether oxygens (including phenoxy) is 1. The molecule has 2 N–H and O–H groups in total. The van der Waals surface area contributed by atoms with E-state index >= 15 is 0 Å². The molecule has 1 saturated heterocycles. The number of carbonyl (C=O) groups excluding carboxylic acids is 3. The maximum atomic E-state index is 12.9. The molecule has 1 aliphatic rings. The molecule has 0 saturated carbocycles. The first kappa shape index (κ1) is 21.4. The fourth-order valence-corrected chi connectivity index (χ4v) is 3.50. The number of nitrogens with zero attached hydrogens (tertiary/aromatic N) is 1. The van der Waals surface area contributed by atoms with Gasteiger partial charge in [-0.25, -0.2) is 9.69 Å². The molecular formula is C19H13Br2ClN2O5. The van der Waals surface area contributed by atoms with E-state index in [4.69, 9.17) is 16.3 Å². The Morgan fingerprint density at radius 2 is 1.86 bits per heavy atom. The molecule has 0 aromatic heterocycles. The molecule has 0 bridgehead atoms. The van der Waals surface area contributed by atoms with Crippen molar-refractivity contribution >= 4 is 73.1 Å². The van der Waals surface area contributed by atoms with Crippen LogP contribution in [0.15, 0.2) is 44.9 Å². The zero-order valence-corrected chi connectivity index (χ0v) is 18.8. The van der Waals surface area contributed by atoms with Crippen LogP contribution in [0.1, 0.15) is 12.5 Å². The highest BCUT2D eigenvalue weighted by Gasteiger charge is 2.37. The number of amides is 4. The Morgan fingerprint density at radius 1 is 1.21 bits per heavy atom. The summed E-state index contributed by atoms with van der Waals surface area (Å²) in [6.07, 6.45) is 1.27. The van der Waals surface area contributed by atoms with E-state index in [-0.39, 0.29) is 33.2 Å². The maximum absolute atomic E-state index is 12.9. The molecule has 10 heteroatoms. The minimum atomic E-state index is -0.850. The van der Waals surface area contributed by atoms with Gasteiger partial charge in [-0.2, -0.15) is 0 Å². The summed E-state index contributed by atoms with van der Waals surface area (Å²) in [5, 5.41) is 12.2. The zero-order valence-electron chi connectivity index (χ0n) is 14.8. The van der Waals surface area contributed by atoms with E-state index in [1.165, 1.54) is 12.1 Å². The van der Waals surface area contributed by atoms with Crippen molar-refractivity contribution in [3.05, 3.63) is 55.4 Å². The van der Waals surface area contributed by atoms with Gasteiger partial charge in [0.1, 0.15) is 10.6 Å². The fourth-order valence-electron chi connectivity index (χ4n) is 2.62. The number of nitrogens with one attached hydrogen (secondary N) is 1. The van der Waals surface area contributed by atoms with Gasteiger partial charge in [-0.1, -0.05) is 27.5 Å². The number of hydrogen-bond donors (Lipinski definition) is 2. The second-order valence-corrected chi connectivity index (χ2v) is 7.89. The van der Waals surface area contributed by atoms with Gasteiger partial charge in [0.2, 0.25) is 0 Å². The number of imide groups is 2. The summed E-state index contributed by atoms with van der Waals surface area (Å²) in [6, 6.07) is 7.05. The van der Waals surface area contributed by atoms with Crippen molar-refractivity contribution in [3.8, 4) is 11.5 Å². The number of barbiturate groups is 1. The Kier molecular flexibility index (Phi) is 6.30. The van der Waals surface area contributed by atoms with Crippen LogP contribution in [0.25, 0.3) is 6.08 Å². The third-order valence-corrected chi connectivity index (χ3v) is 5.94. The molecule has 4 amide bonds. The summed E-state index contributed by atoms with van der Waals surface area (Å²) in [5.74, 6) is -1.82. The van der Waals surface area contributed by atoms with E-state index in [2.05, 4.69) is 37.2 Å². The Labute approximate surface area is 187 Å². The Hall–Kier alpha value is -2.36. The van der Waals surface area contributed by atoms with Gasteiger partial charge in [0.25, 0.3) is 11.8 Å². The molecule has 0 radical (unpaired) electrons. The van der Waals surface area contributed by atoms with Crippen molar-refractivity contribution in [2.45, 2.75) is 6.92 Å². The van der Waals surface area contributed by atoms with Crippen molar-refractivity contribution in [1.82, 2.24) is 5.32 Å². The van der Waals surface area contributed by atoms with Crippen molar-refractivity contribution in [3.63, 3.8) is 0 Å². The Balaban J connectivity index is 2.08. The first-order valence-electron chi connectivity index (χ1n) is 8.25. The van der Waals surface area contributed by atoms with Gasteiger partial charge in [-0.05, 0) is 64.8 Å². The van der Waals surface area contributed by atoms with Gasteiger partial charge in [0, 0.05) is 8.95 Å². The standard InChI is InChI=1S/C19H13Br2ClN2O5/c1-2-29-13-8-9(14(21)15(22)16(13)25)7-12-17(26)23-19(28)24(18(12)27)11-5-3-10(20)4-6-11/h3-8,25H,2H2,1H3,(H,23,26,28)/b12-7+. The van der Waals surface area contributed by atoms with Crippen LogP contribution in [-0.2, 0) is 9.59 Å². The Bertz CT molecular complexity index is 1050. The molecule has 1 fully saturated rings. The van der Waals surface area contributed by atoms with Crippen LogP contribution in [0, 0.1) is 0 Å².